The Balaban J connectivity index is 1.38. The molecule has 6 nitrogen and oxygen atoms in total. The highest BCUT2D eigenvalue weighted by atomic mass is 16.3. The number of amides is 1. The summed E-state index contributed by atoms with van der Waals surface area (Å²) >= 11 is 0. The van der Waals surface area contributed by atoms with Gasteiger partial charge in [-0.3, -0.25) is 4.79 Å². The predicted molar refractivity (Wildman–Crippen MR) is 121 cm³/mol. The number of phenols is 1. The summed E-state index contributed by atoms with van der Waals surface area (Å²) in [5, 5.41) is 27.6. The molecule has 156 valence electrons. The van der Waals surface area contributed by atoms with Gasteiger partial charge in [-0.25, -0.2) is 0 Å². The molecule has 31 heavy (non-hydrogen) atoms. The molecule has 3 aromatic carbocycles. The maximum absolute atomic E-state index is 12.6. The topological polar surface area (TPSA) is 97.2 Å². The van der Waals surface area contributed by atoms with Crippen LogP contribution in [-0.2, 0) is 6.54 Å². The van der Waals surface area contributed by atoms with Crippen LogP contribution >= 0.6 is 0 Å². The van der Waals surface area contributed by atoms with E-state index in [2.05, 4.69) is 28.1 Å². The lowest BCUT2D eigenvalue weighted by Gasteiger charge is -2.27. The highest BCUT2D eigenvalue weighted by Gasteiger charge is 2.43. The molecule has 2 aliphatic heterocycles. The van der Waals surface area contributed by atoms with Gasteiger partial charge in [-0.15, -0.1) is 0 Å². The molecule has 0 saturated carbocycles. The number of carbonyl (C=O) groups is 1. The van der Waals surface area contributed by atoms with Crippen molar-refractivity contribution in [2.75, 3.05) is 11.9 Å². The minimum atomic E-state index is -0.204. The molecular weight excluding hydrogens is 388 g/mol. The number of hydrogen-bond acceptors (Lipinski definition) is 5. The molecule has 0 radical (unpaired) electrons. The molecule has 3 aromatic rings. The van der Waals surface area contributed by atoms with Crippen LogP contribution in [0.15, 0.2) is 66.7 Å². The van der Waals surface area contributed by atoms with Gasteiger partial charge in [0.25, 0.3) is 5.91 Å². The van der Waals surface area contributed by atoms with E-state index in [1.165, 1.54) is 11.8 Å². The fourth-order valence-electron chi connectivity index (χ4n) is 4.71. The van der Waals surface area contributed by atoms with Gasteiger partial charge < -0.3 is 26.5 Å². The number of nitrogens with one attached hydrogen (secondary N) is 4. The van der Waals surface area contributed by atoms with Gasteiger partial charge in [-0.05, 0) is 46.5 Å². The first-order chi connectivity index (χ1) is 15.1. The second kappa shape index (κ2) is 7.89. The van der Waals surface area contributed by atoms with E-state index in [4.69, 9.17) is 5.41 Å². The Hall–Kier alpha value is -3.64. The average molecular weight is 412 g/mol. The molecule has 0 aliphatic carbocycles. The van der Waals surface area contributed by atoms with E-state index < -0.39 is 0 Å². The van der Waals surface area contributed by atoms with Crippen molar-refractivity contribution in [3.8, 4) is 5.75 Å². The van der Waals surface area contributed by atoms with E-state index in [-0.39, 0.29) is 29.7 Å². The Morgan fingerprint density at radius 3 is 2.61 bits per heavy atom. The zero-order valence-corrected chi connectivity index (χ0v) is 16.9. The number of hydrogen-bond donors (Lipinski definition) is 5. The SMILES string of the molecule is N=Cc1ccc(CNCC2Nc3ccccc3C2C2NC(=O)c3ccc(O)cc32)cc1. The molecule has 3 unspecified atom stereocenters. The van der Waals surface area contributed by atoms with Crippen LogP contribution in [-0.4, -0.2) is 29.8 Å². The second-order valence-corrected chi connectivity index (χ2v) is 8.10. The van der Waals surface area contributed by atoms with Crippen LogP contribution in [0.25, 0.3) is 0 Å². The van der Waals surface area contributed by atoms with Gasteiger partial charge in [0.2, 0.25) is 0 Å². The molecule has 6 heteroatoms. The second-order valence-electron chi connectivity index (χ2n) is 8.10. The normalized spacial score (nSPS) is 21.2. The molecular formula is C25H24N4O2. The fraction of sp³-hybridized carbons (Fsp3) is 0.200. The van der Waals surface area contributed by atoms with Crippen LogP contribution in [0.3, 0.4) is 0 Å². The Morgan fingerprint density at radius 1 is 1.00 bits per heavy atom. The van der Waals surface area contributed by atoms with Crippen molar-refractivity contribution in [1.82, 2.24) is 10.6 Å². The Labute approximate surface area is 180 Å². The molecule has 5 rings (SSSR count). The first-order valence-corrected chi connectivity index (χ1v) is 10.4. The van der Waals surface area contributed by atoms with Crippen molar-refractivity contribution in [3.63, 3.8) is 0 Å². The van der Waals surface area contributed by atoms with Crippen molar-refractivity contribution in [2.45, 2.75) is 24.5 Å². The Kier molecular flexibility index (Phi) is 4.92. The number of anilines is 1. The number of fused-ring (bicyclic) bond motifs is 2. The third-order valence-electron chi connectivity index (χ3n) is 6.19. The lowest BCUT2D eigenvalue weighted by molar-refractivity contribution is 0.0951. The smallest absolute Gasteiger partial charge is 0.252 e. The van der Waals surface area contributed by atoms with Crippen molar-refractivity contribution < 1.29 is 9.90 Å². The van der Waals surface area contributed by atoms with E-state index in [0.29, 0.717) is 18.7 Å². The summed E-state index contributed by atoms with van der Waals surface area (Å²) < 4.78 is 0. The van der Waals surface area contributed by atoms with Crippen molar-refractivity contribution in [1.29, 1.82) is 5.41 Å². The average Bonchev–Trinajstić information content (AvgIpc) is 3.31. The summed E-state index contributed by atoms with van der Waals surface area (Å²) in [4.78, 5) is 12.6. The maximum atomic E-state index is 12.6. The van der Waals surface area contributed by atoms with Crippen LogP contribution < -0.4 is 16.0 Å². The molecule has 2 heterocycles. The third-order valence-corrected chi connectivity index (χ3v) is 6.19. The van der Waals surface area contributed by atoms with Crippen molar-refractivity contribution in [2.24, 2.45) is 0 Å². The third kappa shape index (κ3) is 3.55. The summed E-state index contributed by atoms with van der Waals surface area (Å²) in [6, 6.07) is 21.0. The van der Waals surface area contributed by atoms with Gasteiger partial charge in [0.1, 0.15) is 5.75 Å². The standard InChI is InChI=1S/C25H24N4O2/c26-12-15-5-7-16(8-6-15)13-27-14-22-23(19-3-1-2-4-21(19)28-22)24-20-11-17(30)9-10-18(20)25(31)29-24/h1-12,22-24,26-28,30H,13-14H2,(H,29,31). The van der Waals surface area contributed by atoms with Crippen LogP contribution in [0.2, 0.25) is 0 Å². The molecule has 0 saturated heterocycles. The van der Waals surface area contributed by atoms with Gasteiger partial charge in [0.05, 0.1) is 6.04 Å². The quantitative estimate of drug-likeness (QED) is 0.400. The fourth-order valence-corrected chi connectivity index (χ4v) is 4.71. The van der Waals surface area contributed by atoms with Gasteiger partial charge in [-0.2, -0.15) is 0 Å². The number of para-hydroxylation sites is 1. The summed E-state index contributed by atoms with van der Waals surface area (Å²) in [7, 11) is 0. The highest BCUT2D eigenvalue weighted by Crippen LogP contribution is 2.46. The minimum Gasteiger partial charge on any atom is -0.508 e. The molecule has 5 N–H and O–H groups in total. The molecule has 0 spiro atoms. The molecule has 0 aromatic heterocycles. The Morgan fingerprint density at radius 2 is 1.81 bits per heavy atom. The van der Waals surface area contributed by atoms with E-state index in [9.17, 15) is 9.90 Å². The van der Waals surface area contributed by atoms with Gasteiger partial charge in [-0.1, -0.05) is 42.5 Å². The zero-order valence-electron chi connectivity index (χ0n) is 16.9. The van der Waals surface area contributed by atoms with Crippen LogP contribution in [0, 0.1) is 5.41 Å². The van der Waals surface area contributed by atoms with Crippen molar-refractivity contribution >= 4 is 17.8 Å². The molecule has 1 amide bonds. The number of phenolic OH excluding ortho intramolecular Hbond substituents is 1. The number of benzene rings is 3. The van der Waals surface area contributed by atoms with Gasteiger partial charge >= 0.3 is 0 Å². The van der Waals surface area contributed by atoms with Crippen LogP contribution in [0.4, 0.5) is 5.69 Å². The predicted octanol–water partition coefficient (Wildman–Crippen LogP) is 3.54. The summed E-state index contributed by atoms with van der Waals surface area (Å²) in [6.45, 7) is 1.43. The van der Waals surface area contributed by atoms with Crippen LogP contribution in [0.1, 0.15) is 44.6 Å². The lowest BCUT2D eigenvalue weighted by atomic mass is 9.84. The van der Waals surface area contributed by atoms with Crippen molar-refractivity contribution in [3.05, 3.63) is 94.5 Å². The summed E-state index contributed by atoms with van der Waals surface area (Å²) in [5.74, 6) is 0.112. The maximum Gasteiger partial charge on any atom is 0.252 e. The minimum absolute atomic E-state index is 0.0380. The molecule has 2 aliphatic rings. The van der Waals surface area contributed by atoms with E-state index in [1.807, 2.05) is 36.4 Å². The zero-order chi connectivity index (χ0) is 21.4. The molecule has 3 atom stereocenters. The highest BCUT2D eigenvalue weighted by molar-refractivity contribution is 5.99. The summed E-state index contributed by atoms with van der Waals surface area (Å²) in [5.41, 5.74) is 5.77. The van der Waals surface area contributed by atoms with E-state index in [1.54, 1.807) is 18.2 Å². The van der Waals surface area contributed by atoms with Gasteiger partial charge in [0.15, 0.2) is 0 Å². The first-order valence-electron chi connectivity index (χ1n) is 10.4. The number of rotatable bonds is 6. The molecule has 0 fully saturated rings. The molecule has 0 bridgehead atoms. The van der Waals surface area contributed by atoms with Gasteiger partial charge in [0, 0.05) is 42.5 Å². The monoisotopic (exact) mass is 412 g/mol. The van der Waals surface area contributed by atoms with Crippen LogP contribution in [0.5, 0.6) is 5.75 Å². The number of aromatic hydroxyl groups is 1. The summed E-state index contributed by atoms with van der Waals surface area (Å²) in [6.07, 6.45) is 1.34. The largest absolute Gasteiger partial charge is 0.508 e. The van der Waals surface area contributed by atoms with E-state index >= 15 is 0 Å². The first kappa shape index (κ1) is 19.3. The Bertz CT molecular complexity index is 1140. The number of carbonyl (C=O) groups excluding carboxylic acids is 1. The van der Waals surface area contributed by atoms with E-state index in [0.717, 1.165) is 22.4 Å². The lowest BCUT2D eigenvalue weighted by Crippen LogP contribution is -2.38.